The Hall–Kier alpha value is -0.870. The molecule has 1 N–H and O–H groups in total. The molecule has 4 nitrogen and oxygen atoms in total. The molecule has 1 saturated heterocycles. The molecule has 0 aromatic rings. The Morgan fingerprint density at radius 2 is 2.31 bits per heavy atom. The van der Waals surface area contributed by atoms with Crippen LogP contribution in [0, 0.1) is 5.92 Å². The molecule has 0 bridgehead atoms. The monoisotopic (exact) mass is 227 g/mol. The SMILES string of the molecule is COC(=O)C(C)=CCN1CCC(C)C(O)C1. The van der Waals surface area contributed by atoms with Crippen molar-refractivity contribution < 1.29 is 14.6 Å². The fraction of sp³-hybridized carbons (Fsp3) is 0.750. The third-order valence-corrected chi connectivity index (χ3v) is 3.17. The standard InChI is InChI=1S/C12H21NO3/c1-9-4-6-13(8-11(9)14)7-5-10(2)12(15)16-3/h5,9,11,14H,4,6-8H2,1-3H3. The molecule has 0 aromatic heterocycles. The minimum Gasteiger partial charge on any atom is -0.466 e. The van der Waals surface area contributed by atoms with E-state index in [0.717, 1.165) is 13.0 Å². The van der Waals surface area contributed by atoms with Crippen LogP contribution in [-0.4, -0.2) is 48.8 Å². The van der Waals surface area contributed by atoms with E-state index in [1.807, 2.05) is 6.08 Å². The van der Waals surface area contributed by atoms with Crippen LogP contribution in [0.4, 0.5) is 0 Å². The van der Waals surface area contributed by atoms with Crippen molar-refractivity contribution in [2.45, 2.75) is 26.4 Å². The molecule has 2 unspecified atom stereocenters. The molecule has 0 aromatic carbocycles. The van der Waals surface area contributed by atoms with Gasteiger partial charge in [0.1, 0.15) is 0 Å². The molecule has 2 atom stereocenters. The summed E-state index contributed by atoms with van der Waals surface area (Å²) in [5, 5.41) is 9.71. The van der Waals surface area contributed by atoms with Gasteiger partial charge in [-0.1, -0.05) is 13.0 Å². The molecule has 0 radical (unpaired) electrons. The molecule has 0 amide bonds. The third kappa shape index (κ3) is 3.61. The number of rotatable bonds is 3. The van der Waals surface area contributed by atoms with E-state index in [0.29, 0.717) is 24.6 Å². The lowest BCUT2D eigenvalue weighted by atomic mass is 9.96. The normalized spacial score (nSPS) is 27.9. The Bertz CT molecular complexity index is 275. The molecule has 0 aliphatic carbocycles. The van der Waals surface area contributed by atoms with Crippen LogP contribution in [-0.2, 0) is 9.53 Å². The van der Waals surface area contributed by atoms with Crippen LogP contribution in [0.1, 0.15) is 20.3 Å². The molecule has 1 aliphatic heterocycles. The average molecular weight is 227 g/mol. The quantitative estimate of drug-likeness (QED) is 0.572. The first-order valence-corrected chi connectivity index (χ1v) is 5.70. The van der Waals surface area contributed by atoms with Crippen molar-refractivity contribution in [3.63, 3.8) is 0 Å². The second kappa shape index (κ2) is 6.01. The molecule has 1 rings (SSSR count). The number of ether oxygens (including phenoxy) is 1. The van der Waals surface area contributed by atoms with E-state index in [2.05, 4.69) is 16.6 Å². The highest BCUT2D eigenvalue weighted by Crippen LogP contribution is 2.16. The van der Waals surface area contributed by atoms with Crippen molar-refractivity contribution in [3.8, 4) is 0 Å². The number of hydrogen-bond acceptors (Lipinski definition) is 4. The molecular weight excluding hydrogens is 206 g/mol. The van der Waals surface area contributed by atoms with Crippen LogP contribution in [0.5, 0.6) is 0 Å². The van der Waals surface area contributed by atoms with Crippen molar-refractivity contribution in [1.29, 1.82) is 0 Å². The summed E-state index contributed by atoms with van der Waals surface area (Å²) in [6.07, 6.45) is 2.61. The number of hydrogen-bond donors (Lipinski definition) is 1. The summed E-state index contributed by atoms with van der Waals surface area (Å²) in [6, 6.07) is 0. The molecule has 0 saturated carbocycles. The van der Waals surface area contributed by atoms with Gasteiger partial charge in [-0.05, 0) is 25.8 Å². The van der Waals surface area contributed by atoms with E-state index in [-0.39, 0.29) is 12.1 Å². The third-order valence-electron chi connectivity index (χ3n) is 3.17. The summed E-state index contributed by atoms with van der Waals surface area (Å²) < 4.78 is 4.61. The molecule has 4 heteroatoms. The van der Waals surface area contributed by atoms with Crippen molar-refractivity contribution in [3.05, 3.63) is 11.6 Å². The minimum absolute atomic E-state index is 0.249. The van der Waals surface area contributed by atoms with Gasteiger partial charge < -0.3 is 9.84 Å². The predicted molar refractivity (Wildman–Crippen MR) is 62.0 cm³/mol. The van der Waals surface area contributed by atoms with Gasteiger partial charge in [0.2, 0.25) is 0 Å². The maximum atomic E-state index is 11.1. The Balaban J connectivity index is 2.41. The molecular formula is C12H21NO3. The van der Waals surface area contributed by atoms with Gasteiger partial charge in [0, 0.05) is 18.7 Å². The largest absolute Gasteiger partial charge is 0.466 e. The molecule has 1 fully saturated rings. The summed E-state index contributed by atoms with van der Waals surface area (Å²) in [4.78, 5) is 13.3. The Morgan fingerprint density at radius 3 is 2.88 bits per heavy atom. The number of esters is 1. The second-order valence-corrected chi connectivity index (χ2v) is 4.47. The van der Waals surface area contributed by atoms with Crippen LogP contribution < -0.4 is 0 Å². The highest BCUT2D eigenvalue weighted by atomic mass is 16.5. The highest BCUT2D eigenvalue weighted by molar-refractivity contribution is 5.87. The van der Waals surface area contributed by atoms with Crippen molar-refractivity contribution in [2.75, 3.05) is 26.7 Å². The summed E-state index contributed by atoms with van der Waals surface area (Å²) in [5.41, 5.74) is 0.621. The van der Waals surface area contributed by atoms with E-state index < -0.39 is 0 Å². The number of aliphatic hydroxyl groups excluding tert-OH is 1. The smallest absolute Gasteiger partial charge is 0.333 e. The minimum atomic E-state index is -0.286. The molecule has 1 heterocycles. The van der Waals surface area contributed by atoms with E-state index in [1.54, 1.807) is 6.92 Å². The molecule has 16 heavy (non-hydrogen) atoms. The summed E-state index contributed by atoms with van der Waals surface area (Å²) in [7, 11) is 1.38. The number of nitrogens with zero attached hydrogens (tertiary/aromatic N) is 1. The number of β-amino-alcohol motifs (C(OH)–C–C–N with tert-alkyl or cyclic N) is 1. The lowest BCUT2D eigenvalue weighted by Gasteiger charge is -2.33. The lowest BCUT2D eigenvalue weighted by molar-refractivity contribution is -0.136. The number of piperidine rings is 1. The van der Waals surface area contributed by atoms with E-state index in [1.165, 1.54) is 7.11 Å². The fourth-order valence-corrected chi connectivity index (χ4v) is 1.79. The Kier molecular flexibility index (Phi) is 4.96. The van der Waals surface area contributed by atoms with Crippen molar-refractivity contribution in [1.82, 2.24) is 4.90 Å². The van der Waals surface area contributed by atoms with E-state index in [4.69, 9.17) is 0 Å². The zero-order chi connectivity index (χ0) is 12.1. The zero-order valence-electron chi connectivity index (χ0n) is 10.3. The first kappa shape index (κ1) is 13.2. The van der Waals surface area contributed by atoms with Gasteiger partial charge in [0.15, 0.2) is 0 Å². The predicted octanol–water partition coefficient (Wildman–Crippen LogP) is 0.808. The number of aliphatic hydroxyl groups is 1. The molecule has 1 aliphatic rings. The van der Waals surface area contributed by atoms with Gasteiger partial charge in [-0.3, -0.25) is 4.90 Å². The average Bonchev–Trinajstić information content (AvgIpc) is 2.29. The summed E-state index contributed by atoms with van der Waals surface area (Å²) in [5.74, 6) is 0.0906. The maximum absolute atomic E-state index is 11.1. The van der Waals surface area contributed by atoms with Gasteiger partial charge in [-0.15, -0.1) is 0 Å². The van der Waals surface area contributed by atoms with Crippen molar-refractivity contribution >= 4 is 5.97 Å². The van der Waals surface area contributed by atoms with Crippen LogP contribution in [0.2, 0.25) is 0 Å². The first-order valence-electron chi connectivity index (χ1n) is 5.70. The Morgan fingerprint density at radius 1 is 1.62 bits per heavy atom. The van der Waals surface area contributed by atoms with E-state index in [9.17, 15) is 9.90 Å². The van der Waals surface area contributed by atoms with Gasteiger partial charge in [-0.2, -0.15) is 0 Å². The number of carbonyl (C=O) groups is 1. The first-order chi connectivity index (χ1) is 7.54. The fourth-order valence-electron chi connectivity index (χ4n) is 1.79. The number of carbonyl (C=O) groups excluding carboxylic acids is 1. The van der Waals surface area contributed by atoms with E-state index >= 15 is 0 Å². The lowest BCUT2D eigenvalue weighted by Crippen LogP contribution is -2.42. The highest BCUT2D eigenvalue weighted by Gasteiger charge is 2.23. The Labute approximate surface area is 96.9 Å². The maximum Gasteiger partial charge on any atom is 0.333 e. The zero-order valence-corrected chi connectivity index (χ0v) is 10.3. The number of methoxy groups -OCH3 is 1. The van der Waals surface area contributed by atoms with Crippen LogP contribution >= 0.6 is 0 Å². The molecule has 0 spiro atoms. The molecule has 92 valence electrons. The second-order valence-electron chi connectivity index (χ2n) is 4.47. The summed E-state index contributed by atoms with van der Waals surface area (Å²) in [6.45, 7) is 6.17. The summed E-state index contributed by atoms with van der Waals surface area (Å²) >= 11 is 0. The van der Waals surface area contributed by atoms with Gasteiger partial charge in [-0.25, -0.2) is 4.79 Å². The van der Waals surface area contributed by atoms with Crippen molar-refractivity contribution in [2.24, 2.45) is 5.92 Å². The number of likely N-dealkylation sites (tertiary alicyclic amines) is 1. The van der Waals surface area contributed by atoms with Crippen LogP contribution in [0.25, 0.3) is 0 Å². The van der Waals surface area contributed by atoms with Crippen LogP contribution in [0.15, 0.2) is 11.6 Å². The topological polar surface area (TPSA) is 49.8 Å². The van der Waals surface area contributed by atoms with Gasteiger partial charge in [0.25, 0.3) is 0 Å². The van der Waals surface area contributed by atoms with Gasteiger partial charge in [0.05, 0.1) is 13.2 Å². The van der Waals surface area contributed by atoms with Crippen LogP contribution in [0.3, 0.4) is 0 Å². The van der Waals surface area contributed by atoms with Gasteiger partial charge >= 0.3 is 5.97 Å².